The largest absolute Gasteiger partial charge is 0.325 e. The maximum Gasteiger partial charge on any atom is 0.237 e. The summed E-state index contributed by atoms with van der Waals surface area (Å²) >= 11 is 6.93. The summed E-state index contributed by atoms with van der Waals surface area (Å²) in [4.78, 5) is 12.2. The van der Waals surface area contributed by atoms with Crippen LogP contribution < -0.4 is 5.32 Å². The first-order chi connectivity index (χ1) is 10.4. The molecule has 1 N–H and O–H groups in total. The average Bonchev–Trinajstić information content (AvgIpc) is 2.91. The number of nitrogens with zero attached hydrogens (tertiary/aromatic N) is 4. The highest BCUT2D eigenvalue weighted by molar-refractivity contribution is 8.00. The maximum absolute atomic E-state index is 13.1. The van der Waals surface area contributed by atoms with Gasteiger partial charge < -0.3 is 5.32 Å². The molecule has 1 atom stereocenters. The van der Waals surface area contributed by atoms with E-state index < -0.39 is 11.1 Å². The summed E-state index contributed by atoms with van der Waals surface area (Å²) in [5.74, 6) is -0.774. The maximum atomic E-state index is 13.1. The zero-order valence-electron chi connectivity index (χ0n) is 12.2. The van der Waals surface area contributed by atoms with Crippen molar-refractivity contribution in [3.05, 3.63) is 29.0 Å². The fourth-order valence-corrected chi connectivity index (χ4v) is 2.72. The quantitative estimate of drug-likeness (QED) is 0.844. The molecule has 1 aromatic heterocycles. The summed E-state index contributed by atoms with van der Waals surface area (Å²) < 4.78 is 14.7. The van der Waals surface area contributed by atoms with Gasteiger partial charge in [0.15, 0.2) is 0 Å². The third-order valence-corrected chi connectivity index (χ3v) is 4.13. The van der Waals surface area contributed by atoms with E-state index in [1.54, 1.807) is 11.6 Å². The summed E-state index contributed by atoms with van der Waals surface area (Å²) in [5.41, 5.74) is 0.437. The first-order valence-corrected chi connectivity index (χ1v) is 7.84. The second-order valence-electron chi connectivity index (χ2n) is 4.88. The zero-order valence-corrected chi connectivity index (χ0v) is 13.8. The smallest absolute Gasteiger partial charge is 0.237 e. The minimum atomic E-state index is -0.529. The molecule has 0 aliphatic carbocycles. The number of halogens is 2. The van der Waals surface area contributed by atoms with Crippen molar-refractivity contribution in [2.45, 2.75) is 37.2 Å². The van der Waals surface area contributed by atoms with Crippen molar-refractivity contribution in [2.75, 3.05) is 5.32 Å². The Morgan fingerprint density at radius 1 is 1.41 bits per heavy atom. The van der Waals surface area contributed by atoms with E-state index in [0.29, 0.717) is 10.8 Å². The molecule has 1 amide bonds. The van der Waals surface area contributed by atoms with Gasteiger partial charge in [0.25, 0.3) is 0 Å². The Hall–Kier alpha value is -1.67. The van der Waals surface area contributed by atoms with Crippen LogP contribution in [0.5, 0.6) is 0 Å². The highest BCUT2D eigenvalue weighted by Gasteiger charge is 2.19. The number of hydrogen-bond donors (Lipinski definition) is 1. The molecule has 2 aromatic rings. The Morgan fingerprint density at radius 3 is 2.77 bits per heavy atom. The number of carbonyl (C=O) groups is 1. The van der Waals surface area contributed by atoms with Crippen LogP contribution in [0.1, 0.15) is 26.8 Å². The van der Waals surface area contributed by atoms with Gasteiger partial charge in [0, 0.05) is 5.69 Å². The number of benzene rings is 1. The number of rotatable bonds is 5. The Labute approximate surface area is 136 Å². The number of hydrogen-bond acceptors (Lipinski definition) is 5. The predicted molar refractivity (Wildman–Crippen MR) is 83.6 cm³/mol. The van der Waals surface area contributed by atoms with Crippen molar-refractivity contribution in [2.24, 2.45) is 0 Å². The van der Waals surface area contributed by atoms with Crippen LogP contribution in [0.3, 0.4) is 0 Å². The van der Waals surface area contributed by atoms with Crippen LogP contribution in [-0.4, -0.2) is 31.4 Å². The molecule has 0 bridgehead atoms. The van der Waals surface area contributed by atoms with Crippen molar-refractivity contribution in [1.82, 2.24) is 20.2 Å². The second-order valence-corrected chi connectivity index (χ2v) is 6.59. The molecule has 0 spiro atoms. The van der Waals surface area contributed by atoms with Crippen LogP contribution >= 0.6 is 23.4 Å². The molecule has 0 saturated heterocycles. The molecule has 9 heteroatoms. The molecule has 0 radical (unpaired) electrons. The monoisotopic (exact) mass is 343 g/mol. The topological polar surface area (TPSA) is 72.7 Å². The van der Waals surface area contributed by atoms with Gasteiger partial charge in [-0.2, -0.15) is 0 Å². The minimum Gasteiger partial charge on any atom is -0.325 e. The third-order valence-electron chi connectivity index (χ3n) is 2.79. The molecule has 1 aromatic carbocycles. The summed E-state index contributed by atoms with van der Waals surface area (Å²) in [6.07, 6.45) is 0. The molecule has 0 fully saturated rings. The van der Waals surface area contributed by atoms with Gasteiger partial charge in [0.1, 0.15) is 5.82 Å². The van der Waals surface area contributed by atoms with E-state index in [4.69, 9.17) is 11.6 Å². The number of aromatic nitrogens is 4. The van der Waals surface area contributed by atoms with Crippen LogP contribution in [0.2, 0.25) is 5.02 Å². The predicted octanol–water partition coefficient (Wildman–Crippen LogP) is 3.17. The van der Waals surface area contributed by atoms with Gasteiger partial charge in [-0.15, -0.1) is 5.10 Å². The number of nitrogens with one attached hydrogen (secondary N) is 1. The van der Waals surface area contributed by atoms with E-state index in [0.717, 1.165) is 0 Å². The molecule has 0 aliphatic rings. The molecular weight excluding hydrogens is 329 g/mol. The Morgan fingerprint density at radius 2 is 2.14 bits per heavy atom. The van der Waals surface area contributed by atoms with E-state index in [2.05, 4.69) is 20.8 Å². The van der Waals surface area contributed by atoms with E-state index in [-0.39, 0.29) is 17.0 Å². The molecule has 0 unspecified atom stereocenters. The van der Waals surface area contributed by atoms with Gasteiger partial charge in [0.05, 0.1) is 16.3 Å². The molecular formula is C13H15ClFN5OS. The number of amides is 1. The fourth-order valence-electron chi connectivity index (χ4n) is 1.62. The number of thioether (sulfide) groups is 1. The molecule has 118 valence electrons. The van der Waals surface area contributed by atoms with Gasteiger partial charge >= 0.3 is 0 Å². The van der Waals surface area contributed by atoms with Crippen LogP contribution in [-0.2, 0) is 4.79 Å². The van der Waals surface area contributed by atoms with Crippen LogP contribution in [0.15, 0.2) is 23.4 Å². The van der Waals surface area contributed by atoms with Gasteiger partial charge in [-0.3, -0.25) is 4.79 Å². The van der Waals surface area contributed by atoms with Gasteiger partial charge in [-0.05, 0) is 49.4 Å². The standard InChI is InChI=1S/C13H15ClFN5OS/c1-7(2)20-13(17-18-19-20)22-8(3)12(21)16-9-4-5-11(15)10(14)6-9/h4-8H,1-3H3,(H,16,21)/t8-/m0/s1. The lowest BCUT2D eigenvalue weighted by Crippen LogP contribution is -2.23. The van der Waals surface area contributed by atoms with Crippen molar-refractivity contribution in [3.63, 3.8) is 0 Å². The first kappa shape index (κ1) is 16.7. The van der Waals surface area contributed by atoms with Crippen molar-refractivity contribution in [1.29, 1.82) is 0 Å². The highest BCUT2D eigenvalue weighted by Crippen LogP contribution is 2.24. The van der Waals surface area contributed by atoms with E-state index >= 15 is 0 Å². The van der Waals surface area contributed by atoms with Crippen molar-refractivity contribution < 1.29 is 9.18 Å². The Bertz CT molecular complexity index is 678. The third kappa shape index (κ3) is 3.95. The van der Waals surface area contributed by atoms with Crippen LogP contribution in [0, 0.1) is 5.82 Å². The summed E-state index contributed by atoms with van der Waals surface area (Å²) in [5, 5.41) is 14.2. The van der Waals surface area contributed by atoms with E-state index in [1.807, 2.05) is 13.8 Å². The van der Waals surface area contributed by atoms with Crippen LogP contribution in [0.4, 0.5) is 10.1 Å². The first-order valence-electron chi connectivity index (χ1n) is 6.59. The zero-order chi connectivity index (χ0) is 16.3. The molecule has 1 heterocycles. The number of anilines is 1. The van der Waals surface area contributed by atoms with Gasteiger partial charge in [-0.25, -0.2) is 9.07 Å². The van der Waals surface area contributed by atoms with Gasteiger partial charge in [0.2, 0.25) is 11.1 Å². The second kappa shape index (κ2) is 7.06. The molecule has 0 saturated carbocycles. The highest BCUT2D eigenvalue weighted by atomic mass is 35.5. The lowest BCUT2D eigenvalue weighted by molar-refractivity contribution is -0.115. The Kier molecular flexibility index (Phi) is 5.36. The number of tetrazole rings is 1. The Balaban J connectivity index is 2.02. The van der Waals surface area contributed by atoms with E-state index in [9.17, 15) is 9.18 Å². The number of carbonyl (C=O) groups excluding carboxylic acids is 1. The molecule has 6 nitrogen and oxygen atoms in total. The lowest BCUT2D eigenvalue weighted by Gasteiger charge is -2.13. The fraction of sp³-hybridized carbons (Fsp3) is 0.385. The summed E-state index contributed by atoms with van der Waals surface area (Å²) in [6, 6.07) is 4.12. The SMILES string of the molecule is CC(C)n1nnnc1S[C@@H](C)C(=O)Nc1ccc(F)c(Cl)c1. The summed E-state index contributed by atoms with van der Waals surface area (Å²) in [6.45, 7) is 5.64. The van der Waals surface area contributed by atoms with Crippen molar-refractivity contribution >= 4 is 35.0 Å². The van der Waals surface area contributed by atoms with Crippen LogP contribution in [0.25, 0.3) is 0 Å². The molecule has 22 heavy (non-hydrogen) atoms. The normalized spacial score (nSPS) is 12.5. The average molecular weight is 344 g/mol. The lowest BCUT2D eigenvalue weighted by atomic mass is 10.3. The molecule has 2 rings (SSSR count). The van der Waals surface area contributed by atoms with E-state index in [1.165, 1.54) is 30.0 Å². The van der Waals surface area contributed by atoms with Gasteiger partial charge in [-0.1, -0.05) is 23.4 Å². The molecule has 0 aliphatic heterocycles. The van der Waals surface area contributed by atoms with Crippen molar-refractivity contribution in [3.8, 4) is 0 Å². The minimum absolute atomic E-state index is 0.0399. The summed E-state index contributed by atoms with van der Waals surface area (Å²) in [7, 11) is 0.